The van der Waals surface area contributed by atoms with Crippen LogP contribution in [-0.4, -0.2) is 47.4 Å². The van der Waals surface area contributed by atoms with Crippen LogP contribution in [0.5, 0.6) is 17.4 Å². The van der Waals surface area contributed by atoms with Crippen molar-refractivity contribution in [3.63, 3.8) is 0 Å². The average molecular weight is 567 g/mol. The zero-order chi connectivity index (χ0) is 28.8. The number of aromatic nitrogens is 2. The van der Waals surface area contributed by atoms with Gasteiger partial charge in [0, 0.05) is 48.1 Å². The van der Waals surface area contributed by atoms with Gasteiger partial charge in [-0.1, -0.05) is 0 Å². The lowest BCUT2D eigenvalue weighted by Crippen LogP contribution is -2.37. The zero-order valence-electron chi connectivity index (χ0n) is 21.5. The Kier molecular flexibility index (Phi) is 8.06. The Bertz CT molecular complexity index is 1490. The number of phenolic OH excluding ortho intramolecular Hbond substituents is 1. The number of urea groups is 1. The number of carbonyl (C=O) groups is 1. The molecule has 4 aromatic rings. The smallest absolute Gasteiger partial charge is 0.418 e. The minimum Gasteiger partial charge on any atom is -0.508 e. The molecule has 0 spiro atoms. The number of ether oxygens (including phenoxy) is 2. The fourth-order valence-corrected chi connectivity index (χ4v) is 4.07. The normalized spacial score (nSPS) is 13.4. The molecule has 1 saturated heterocycles. The third-order valence-electron chi connectivity index (χ3n) is 6.00. The van der Waals surface area contributed by atoms with Crippen LogP contribution in [0.2, 0.25) is 0 Å². The highest BCUT2D eigenvalue weighted by atomic mass is 19.4. The number of aromatic hydroxyl groups is 1. The summed E-state index contributed by atoms with van der Waals surface area (Å²) in [6, 6.07) is 17.3. The summed E-state index contributed by atoms with van der Waals surface area (Å²) in [5, 5.41) is 17.5. The molecule has 5 rings (SSSR count). The lowest BCUT2D eigenvalue weighted by atomic mass is 10.1. The maximum absolute atomic E-state index is 13.8. The maximum atomic E-state index is 13.8. The topological polar surface area (TPSA) is 121 Å². The van der Waals surface area contributed by atoms with Crippen LogP contribution < -0.4 is 25.6 Å². The number of hydrogen-bond donors (Lipinski definition) is 4. The van der Waals surface area contributed by atoms with Gasteiger partial charge in [0.15, 0.2) is 0 Å². The summed E-state index contributed by atoms with van der Waals surface area (Å²) in [4.78, 5) is 22.6. The van der Waals surface area contributed by atoms with Crippen molar-refractivity contribution in [2.24, 2.45) is 0 Å². The maximum Gasteiger partial charge on any atom is 0.418 e. The van der Waals surface area contributed by atoms with Crippen molar-refractivity contribution in [3.8, 4) is 17.4 Å². The molecule has 1 fully saturated rings. The van der Waals surface area contributed by atoms with E-state index in [0.29, 0.717) is 43.4 Å². The van der Waals surface area contributed by atoms with E-state index in [1.54, 1.807) is 47.4 Å². The summed E-state index contributed by atoms with van der Waals surface area (Å²) >= 11 is 0. The monoisotopic (exact) mass is 566 g/mol. The number of alkyl halides is 3. The zero-order valence-corrected chi connectivity index (χ0v) is 21.5. The molecule has 1 aliphatic rings. The van der Waals surface area contributed by atoms with E-state index >= 15 is 0 Å². The van der Waals surface area contributed by atoms with Crippen LogP contribution in [0.1, 0.15) is 5.56 Å². The highest BCUT2D eigenvalue weighted by Crippen LogP contribution is 2.38. The van der Waals surface area contributed by atoms with Crippen LogP contribution in [0.3, 0.4) is 0 Å². The first kappa shape index (κ1) is 27.5. The molecule has 1 aromatic heterocycles. The van der Waals surface area contributed by atoms with Gasteiger partial charge in [0.25, 0.3) is 0 Å². The summed E-state index contributed by atoms with van der Waals surface area (Å²) in [7, 11) is 0. The van der Waals surface area contributed by atoms with Crippen molar-refractivity contribution in [2.45, 2.75) is 6.18 Å². The molecule has 0 radical (unpaired) electrons. The number of nitrogens with zero attached hydrogens (tertiary/aromatic N) is 3. The van der Waals surface area contributed by atoms with Crippen molar-refractivity contribution in [3.05, 3.63) is 84.6 Å². The number of phenols is 1. The van der Waals surface area contributed by atoms with E-state index < -0.39 is 17.8 Å². The van der Waals surface area contributed by atoms with E-state index in [0.717, 1.165) is 6.07 Å². The number of anilines is 5. The number of carbonyl (C=O) groups excluding carboxylic acids is 1. The first-order valence-corrected chi connectivity index (χ1v) is 12.5. The Morgan fingerprint density at radius 3 is 2.27 bits per heavy atom. The average Bonchev–Trinajstić information content (AvgIpc) is 2.95. The van der Waals surface area contributed by atoms with Crippen LogP contribution in [0.4, 0.5) is 46.7 Å². The molecule has 13 heteroatoms. The van der Waals surface area contributed by atoms with Gasteiger partial charge in [-0.05, 0) is 66.7 Å². The van der Waals surface area contributed by atoms with Gasteiger partial charge in [-0.25, -0.2) is 9.78 Å². The lowest BCUT2D eigenvalue weighted by Gasteiger charge is -2.31. The third-order valence-corrected chi connectivity index (χ3v) is 6.00. The number of rotatable bonds is 7. The van der Waals surface area contributed by atoms with E-state index in [4.69, 9.17) is 9.47 Å². The largest absolute Gasteiger partial charge is 0.508 e. The summed E-state index contributed by atoms with van der Waals surface area (Å²) in [5.74, 6) is 1.12. The van der Waals surface area contributed by atoms with Crippen LogP contribution >= 0.6 is 0 Å². The molecular formula is C28H25F3N6O4. The van der Waals surface area contributed by atoms with Gasteiger partial charge in [0.1, 0.15) is 11.5 Å². The number of halogens is 3. The quantitative estimate of drug-likeness (QED) is 0.195. The first-order chi connectivity index (χ1) is 19.7. The molecule has 212 valence electrons. The highest BCUT2D eigenvalue weighted by molar-refractivity contribution is 6.00. The van der Waals surface area contributed by atoms with Gasteiger partial charge in [0.2, 0.25) is 11.8 Å². The number of benzene rings is 3. The molecule has 3 aromatic carbocycles. The Morgan fingerprint density at radius 1 is 0.902 bits per heavy atom. The van der Waals surface area contributed by atoms with E-state index in [1.807, 2.05) is 0 Å². The van der Waals surface area contributed by atoms with Crippen molar-refractivity contribution in [1.29, 1.82) is 0 Å². The molecule has 2 heterocycles. The van der Waals surface area contributed by atoms with E-state index in [-0.39, 0.29) is 29.0 Å². The number of morpholine rings is 1. The van der Waals surface area contributed by atoms with Gasteiger partial charge in [-0.2, -0.15) is 18.2 Å². The van der Waals surface area contributed by atoms with Crippen molar-refractivity contribution >= 4 is 34.7 Å². The third kappa shape index (κ3) is 7.33. The summed E-state index contributed by atoms with van der Waals surface area (Å²) in [6.45, 7) is 1.40. The molecule has 0 unspecified atom stereocenters. The molecule has 2 amide bonds. The van der Waals surface area contributed by atoms with Gasteiger partial charge >= 0.3 is 12.2 Å². The van der Waals surface area contributed by atoms with E-state index in [9.17, 15) is 23.1 Å². The van der Waals surface area contributed by atoms with Crippen molar-refractivity contribution < 1.29 is 32.5 Å². The SMILES string of the molecule is O=C(Nc1ccc(Oc2ccnc(Nc3ccc(O)cc3)n2)cc1)Nc1ccc(N2CCOCC2)c(C(F)(F)F)c1. The van der Waals surface area contributed by atoms with E-state index in [1.165, 1.54) is 30.5 Å². The molecule has 0 bridgehead atoms. The molecule has 0 saturated carbocycles. The Morgan fingerprint density at radius 2 is 1.56 bits per heavy atom. The number of nitrogens with one attached hydrogen (secondary N) is 3. The van der Waals surface area contributed by atoms with Gasteiger partial charge in [-0.3, -0.25) is 0 Å². The standard InChI is InChI=1S/C28H25F3N6O4/c29-28(30,31)23-17-20(5-10-24(23)37-13-15-40-16-14-37)35-27(39)34-19-3-8-22(9-4-19)41-25-11-12-32-26(36-25)33-18-1-6-21(38)7-2-18/h1-12,17,38H,13-16H2,(H,32,33,36)(H2,34,35,39). The number of amides is 2. The molecular weight excluding hydrogens is 541 g/mol. The minimum absolute atomic E-state index is 0.00673. The summed E-state index contributed by atoms with van der Waals surface area (Å²) in [6.07, 6.45) is -3.08. The number of hydrogen-bond acceptors (Lipinski definition) is 8. The fraction of sp³-hybridized carbons (Fsp3) is 0.179. The Labute approximate surface area is 232 Å². The second kappa shape index (κ2) is 12.0. The predicted octanol–water partition coefficient (Wildman–Crippen LogP) is 6.22. The van der Waals surface area contributed by atoms with Crippen molar-refractivity contribution in [1.82, 2.24) is 9.97 Å². The summed E-state index contributed by atoms with van der Waals surface area (Å²) in [5.41, 5.74) is 0.302. The summed E-state index contributed by atoms with van der Waals surface area (Å²) < 4.78 is 52.3. The van der Waals surface area contributed by atoms with Crippen molar-refractivity contribution in [2.75, 3.05) is 47.2 Å². The molecule has 41 heavy (non-hydrogen) atoms. The fourth-order valence-electron chi connectivity index (χ4n) is 4.07. The predicted molar refractivity (Wildman–Crippen MR) is 147 cm³/mol. The van der Waals surface area contributed by atoms with Gasteiger partial charge < -0.3 is 35.4 Å². The van der Waals surface area contributed by atoms with Gasteiger partial charge in [-0.15, -0.1) is 0 Å². The lowest BCUT2D eigenvalue weighted by molar-refractivity contribution is -0.137. The molecule has 0 aliphatic carbocycles. The Balaban J connectivity index is 1.19. The molecule has 1 aliphatic heterocycles. The van der Waals surface area contributed by atoms with Crippen LogP contribution in [0.25, 0.3) is 0 Å². The second-order valence-electron chi connectivity index (χ2n) is 8.93. The minimum atomic E-state index is -4.59. The molecule has 4 N–H and O–H groups in total. The molecule has 10 nitrogen and oxygen atoms in total. The van der Waals surface area contributed by atoms with E-state index in [2.05, 4.69) is 25.9 Å². The van der Waals surface area contributed by atoms with Gasteiger partial charge in [0.05, 0.1) is 18.8 Å². The first-order valence-electron chi connectivity index (χ1n) is 12.5. The highest BCUT2D eigenvalue weighted by Gasteiger charge is 2.35. The van der Waals surface area contributed by atoms with Crippen LogP contribution in [-0.2, 0) is 10.9 Å². The second-order valence-corrected chi connectivity index (χ2v) is 8.93. The van der Waals surface area contributed by atoms with Crippen LogP contribution in [0.15, 0.2) is 79.0 Å². The Hall–Kier alpha value is -5.04. The van der Waals surface area contributed by atoms with Crippen LogP contribution in [0, 0.1) is 0 Å². The molecule has 0 atom stereocenters.